The average Bonchev–Trinajstić information content (AvgIpc) is 2.54. The third-order valence-corrected chi connectivity index (χ3v) is 4.85. The number of hydrogen-bond donors (Lipinski definition) is 1. The highest BCUT2D eigenvalue weighted by Gasteiger charge is 2.35. The molecular weight excluding hydrogens is 294 g/mol. The lowest BCUT2D eigenvalue weighted by atomic mass is 9.89. The Balaban J connectivity index is 2.56. The molecule has 0 radical (unpaired) electrons. The quantitative estimate of drug-likeness (QED) is 0.752. The molecule has 0 saturated carbocycles. The van der Waals surface area contributed by atoms with Gasteiger partial charge in [-0.15, -0.1) is 0 Å². The molecule has 1 N–H and O–H groups in total. The number of piperidine rings is 1. The van der Waals surface area contributed by atoms with Crippen molar-refractivity contribution in [2.45, 2.75) is 59.0 Å². The summed E-state index contributed by atoms with van der Waals surface area (Å²) in [5, 5.41) is 12.2. The van der Waals surface area contributed by atoms with Gasteiger partial charge in [-0.3, -0.25) is 14.5 Å². The van der Waals surface area contributed by atoms with Crippen LogP contribution < -0.4 is 5.32 Å². The molecule has 1 aliphatic rings. The first-order valence-electron chi connectivity index (χ1n) is 8.39. The summed E-state index contributed by atoms with van der Waals surface area (Å²) >= 11 is 0. The van der Waals surface area contributed by atoms with Crippen molar-refractivity contribution in [3.05, 3.63) is 0 Å². The molecule has 0 aromatic rings. The monoisotopic (exact) mass is 323 g/mol. The van der Waals surface area contributed by atoms with E-state index in [9.17, 15) is 14.9 Å². The number of nitrogens with zero attached hydrogens (tertiary/aromatic N) is 2. The third-order valence-electron chi connectivity index (χ3n) is 4.85. The molecule has 0 unspecified atom stereocenters. The number of ether oxygens (including phenoxy) is 1. The zero-order valence-corrected chi connectivity index (χ0v) is 14.9. The number of hydrogen-bond acceptors (Lipinski definition) is 5. The lowest BCUT2D eigenvalue weighted by Gasteiger charge is -2.36. The van der Waals surface area contributed by atoms with Crippen molar-refractivity contribution in [3.63, 3.8) is 0 Å². The van der Waals surface area contributed by atoms with Crippen LogP contribution in [0.1, 0.15) is 47.5 Å². The number of likely N-dealkylation sites (tertiary alicyclic amines) is 1. The molecule has 2 atom stereocenters. The Hall–Kier alpha value is -1.61. The molecule has 23 heavy (non-hydrogen) atoms. The number of nitriles is 1. The van der Waals surface area contributed by atoms with Crippen LogP contribution in [-0.2, 0) is 14.3 Å². The molecule has 0 bridgehead atoms. The van der Waals surface area contributed by atoms with Crippen LogP contribution in [0.3, 0.4) is 0 Å². The molecule has 1 fully saturated rings. The first-order valence-corrected chi connectivity index (χ1v) is 8.39. The summed E-state index contributed by atoms with van der Waals surface area (Å²) < 4.78 is 5.06. The van der Waals surface area contributed by atoms with Gasteiger partial charge in [-0.1, -0.05) is 13.8 Å². The Morgan fingerprint density at radius 3 is 2.35 bits per heavy atom. The maximum Gasteiger partial charge on any atom is 0.309 e. The number of carbonyl (C=O) groups excluding carboxylic acids is 2. The van der Waals surface area contributed by atoms with Gasteiger partial charge in [0.05, 0.1) is 24.6 Å². The molecule has 0 aromatic carbocycles. The Morgan fingerprint density at radius 2 is 1.91 bits per heavy atom. The summed E-state index contributed by atoms with van der Waals surface area (Å²) in [5.41, 5.74) is -0.866. The largest absolute Gasteiger partial charge is 0.466 e. The van der Waals surface area contributed by atoms with E-state index in [4.69, 9.17) is 4.74 Å². The fourth-order valence-corrected chi connectivity index (χ4v) is 2.61. The van der Waals surface area contributed by atoms with E-state index in [1.165, 1.54) is 0 Å². The summed E-state index contributed by atoms with van der Waals surface area (Å²) in [6.07, 6.45) is 1.41. The Bertz CT molecular complexity index is 464. The molecule has 1 saturated heterocycles. The van der Waals surface area contributed by atoms with Crippen LogP contribution >= 0.6 is 0 Å². The van der Waals surface area contributed by atoms with Crippen molar-refractivity contribution in [2.24, 2.45) is 11.8 Å². The lowest BCUT2D eigenvalue weighted by Crippen LogP contribution is -2.56. The van der Waals surface area contributed by atoms with Gasteiger partial charge in [-0.05, 0) is 52.6 Å². The van der Waals surface area contributed by atoms with E-state index >= 15 is 0 Å². The van der Waals surface area contributed by atoms with Crippen LogP contribution in [0.4, 0.5) is 0 Å². The van der Waals surface area contributed by atoms with E-state index in [-0.39, 0.29) is 29.8 Å². The second kappa shape index (κ2) is 8.30. The van der Waals surface area contributed by atoms with Crippen LogP contribution in [0.15, 0.2) is 0 Å². The fraction of sp³-hybridized carbons (Fsp3) is 0.824. The van der Waals surface area contributed by atoms with Crippen LogP contribution in [0, 0.1) is 23.2 Å². The highest BCUT2D eigenvalue weighted by molar-refractivity contribution is 5.82. The first-order chi connectivity index (χ1) is 10.7. The molecular formula is C17H29N3O3. The van der Waals surface area contributed by atoms with Gasteiger partial charge in [-0.25, -0.2) is 0 Å². The third kappa shape index (κ3) is 4.93. The van der Waals surface area contributed by atoms with Crippen LogP contribution in [0.5, 0.6) is 0 Å². The molecule has 1 heterocycles. The van der Waals surface area contributed by atoms with Gasteiger partial charge in [0.1, 0.15) is 5.54 Å². The van der Waals surface area contributed by atoms with Crippen molar-refractivity contribution in [2.75, 3.05) is 19.7 Å². The summed E-state index contributed by atoms with van der Waals surface area (Å²) in [5.74, 6) is -0.321. The van der Waals surface area contributed by atoms with Crippen LogP contribution in [0.25, 0.3) is 0 Å². The average molecular weight is 323 g/mol. The van der Waals surface area contributed by atoms with E-state index in [1.807, 2.05) is 20.8 Å². The van der Waals surface area contributed by atoms with E-state index < -0.39 is 5.54 Å². The molecule has 1 aliphatic heterocycles. The molecule has 1 rings (SSSR count). The minimum atomic E-state index is -0.866. The van der Waals surface area contributed by atoms with Gasteiger partial charge in [0.15, 0.2) is 0 Å². The van der Waals surface area contributed by atoms with Gasteiger partial charge >= 0.3 is 5.97 Å². The van der Waals surface area contributed by atoms with E-state index in [0.29, 0.717) is 32.5 Å². The van der Waals surface area contributed by atoms with E-state index in [1.54, 1.807) is 13.8 Å². The van der Waals surface area contributed by atoms with Gasteiger partial charge < -0.3 is 10.1 Å². The number of rotatable bonds is 6. The van der Waals surface area contributed by atoms with E-state index in [0.717, 1.165) is 0 Å². The summed E-state index contributed by atoms with van der Waals surface area (Å²) in [6, 6.07) is 1.88. The molecule has 1 amide bonds. The number of amides is 1. The minimum absolute atomic E-state index is 0.0261. The predicted molar refractivity (Wildman–Crippen MR) is 87.4 cm³/mol. The minimum Gasteiger partial charge on any atom is -0.466 e. The topological polar surface area (TPSA) is 82.4 Å². The SMILES string of the molecule is CCOC(=O)C1CCN([C@@H](C)C(=O)N[C@@](C)(C#N)C(C)C)CC1. The van der Waals surface area contributed by atoms with Crippen molar-refractivity contribution in [1.29, 1.82) is 5.26 Å². The second-order valence-corrected chi connectivity index (χ2v) is 6.70. The highest BCUT2D eigenvalue weighted by atomic mass is 16.5. The molecule has 130 valence electrons. The smallest absolute Gasteiger partial charge is 0.309 e. The van der Waals surface area contributed by atoms with Gasteiger partial charge in [0, 0.05) is 0 Å². The maximum absolute atomic E-state index is 12.4. The van der Waals surface area contributed by atoms with Crippen molar-refractivity contribution in [3.8, 4) is 6.07 Å². The highest BCUT2D eigenvalue weighted by Crippen LogP contribution is 2.21. The standard InChI is InChI=1S/C17H29N3O3/c1-6-23-16(22)14-7-9-20(10-8-14)13(4)15(21)19-17(5,11-18)12(2)3/h12-14H,6-10H2,1-5H3,(H,19,21)/t13-,17-/m0/s1. The fourth-order valence-electron chi connectivity index (χ4n) is 2.61. The normalized spacial score (nSPS) is 20.4. The zero-order valence-electron chi connectivity index (χ0n) is 14.9. The zero-order chi connectivity index (χ0) is 17.6. The Morgan fingerprint density at radius 1 is 1.35 bits per heavy atom. The van der Waals surface area contributed by atoms with Crippen LogP contribution in [-0.4, -0.2) is 48.1 Å². The van der Waals surface area contributed by atoms with Gasteiger partial charge in [0.2, 0.25) is 5.91 Å². The Labute approximate surface area is 139 Å². The molecule has 6 nitrogen and oxygen atoms in total. The van der Waals surface area contributed by atoms with Crippen LogP contribution in [0.2, 0.25) is 0 Å². The lowest BCUT2D eigenvalue weighted by molar-refractivity contribution is -0.149. The van der Waals surface area contributed by atoms with Gasteiger partial charge in [0.25, 0.3) is 0 Å². The number of nitrogens with one attached hydrogen (secondary N) is 1. The summed E-state index contributed by atoms with van der Waals surface area (Å²) in [4.78, 5) is 26.3. The van der Waals surface area contributed by atoms with Crippen molar-refractivity contribution >= 4 is 11.9 Å². The van der Waals surface area contributed by atoms with E-state index in [2.05, 4.69) is 16.3 Å². The number of carbonyl (C=O) groups is 2. The van der Waals surface area contributed by atoms with Gasteiger partial charge in [-0.2, -0.15) is 5.26 Å². The first kappa shape index (κ1) is 19.4. The summed E-state index contributed by atoms with van der Waals surface area (Å²) in [7, 11) is 0. The van der Waals surface area contributed by atoms with Crippen molar-refractivity contribution < 1.29 is 14.3 Å². The molecule has 0 aromatic heterocycles. The molecule has 0 aliphatic carbocycles. The second-order valence-electron chi connectivity index (χ2n) is 6.70. The summed E-state index contributed by atoms with van der Waals surface area (Å²) in [6.45, 7) is 11.0. The molecule has 0 spiro atoms. The molecule has 6 heteroatoms. The predicted octanol–water partition coefficient (Wildman–Crippen LogP) is 1.70. The Kier molecular flexibility index (Phi) is 7.01. The van der Waals surface area contributed by atoms with Crippen molar-refractivity contribution in [1.82, 2.24) is 10.2 Å². The number of esters is 1. The maximum atomic E-state index is 12.4.